The van der Waals surface area contributed by atoms with Crippen LogP contribution in [0.1, 0.15) is 29.8 Å². The van der Waals surface area contributed by atoms with Gasteiger partial charge < -0.3 is 19.7 Å². The smallest absolute Gasteiger partial charge is 0.262 e. The highest BCUT2D eigenvalue weighted by atomic mass is 32.2. The fourth-order valence-corrected chi connectivity index (χ4v) is 5.78. The number of fused-ring (bicyclic) bond motifs is 1. The van der Waals surface area contributed by atoms with Crippen LogP contribution in [0.15, 0.2) is 71.6 Å². The molecule has 3 aromatic carbocycles. The Kier molecular flexibility index (Phi) is 8.33. The van der Waals surface area contributed by atoms with Crippen molar-refractivity contribution < 1.29 is 27.5 Å². The summed E-state index contributed by atoms with van der Waals surface area (Å²) in [6, 6.07) is 18.4. The SMILES string of the molecule is CCN(CC)S(=O)(=O)c1ccc(OCC(=O)Nc2ccc3c(c2)N(C(=O)c2ccc(OC)cc2)CC3)cc1. The Morgan fingerprint density at radius 2 is 1.61 bits per heavy atom. The van der Waals surface area contributed by atoms with Crippen molar-refractivity contribution in [2.45, 2.75) is 25.2 Å². The maximum absolute atomic E-state index is 13.1. The number of ether oxygens (including phenoxy) is 2. The summed E-state index contributed by atoms with van der Waals surface area (Å²) < 4.78 is 37.3. The molecule has 1 heterocycles. The second kappa shape index (κ2) is 11.7. The molecule has 1 N–H and O–H groups in total. The number of hydrogen-bond acceptors (Lipinski definition) is 6. The van der Waals surface area contributed by atoms with Gasteiger partial charge >= 0.3 is 0 Å². The van der Waals surface area contributed by atoms with Crippen LogP contribution in [0, 0.1) is 0 Å². The fourth-order valence-electron chi connectivity index (χ4n) is 4.32. The molecule has 4 rings (SSSR count). The average Bonchev–Trinajstić information content (AvgIpc) is 3.35. The van der Waals surface area contributed by atoms with Gasteiger partial charge in [0, 0.05) is 36.6 Å². The van der Waals surface area contributed by atoms with Crippen molar-refractivity contribution in [3.05, 3.63) is 77.9 Å². The Morgan fingerprint density at radius 1 is 0.947 bits per heavy atom. The lowest BCUT2D eigenvalue weighted by Gasteiger charge is -2.19. The molecule has 1 aliphatic rings. The zero-order valence-electron chi connectivity index (χ0n) is 21.6. The van der Waals surface area contributed by atoms with E-state index in [1.807, 2.05) is 6.07 Å². The van der Waals surface area contributed by atoms with Gasteiger partial charge in [-0.15, -0.1) is 0 Å². The number of nitrogens with zero attached hydrogens (tertiary/aromatic N) is 2. The average molecular weight is 538 g/mol. The molecule has 10 heteroatoms. The van der Waals surface area contributed by atoms with Crippen LogP contribution in [0.5, 0.6) is 11.5 Å². The number of rotatable bonds is 10. The number of carbonyl (C=O) groups is 2. The highest BCUT2D eigenvalue weighted by Crippen LogP contribution is 2.32. The van der Waals surface area contributed by atoms with Gasteiger partial charge in [0.2, 0.25) is 10.0 Å². The van der Waals surface area contributed by atoms with Crippen molar-refractivity contribution >= 4 is 33.2 Å². The second-order valence-electron chi connectivity index (χ2n) is 8.68. The molecular weight excluding hydrogens is 506 g/mol. The fraction of sp³-hybridized carbons (Fsp3) is 0.286. The summed E-state index contributed by atoms with van der Waals surface area (Å²) in [5.74, 6) is 0.556. The van der Waals surface area contributed by atoms with Gasteiger partial charge in [0.05, 0.1) is 12.0 Å². The van der Waals surface area contributed by atoms with E-state index in [0.29, 0.717) is 42.4 Å². The van der Waals surface area contributed by atoms with E-state index in [9.17, 15) is 18.0 Å². The Balaban J connectivity index is 1.37. The zero-order valence-corrected chi connectivity index (χ0v) is 22.5. The molecule has 2 amide bonds. The molecule has 3 aromatic rings. The van der Waals surface area contributed by atoms with E-state index in [4.69, 9.17) is 9.47 Å². The predicted octanol–water partition coefficient (Wildman–Crippen LogP) is 3.95. The summed E-state index contributed by atoms with van der Waals surface area (Å²) in [4.78, 5) is 27.5. The van der Waals surface area contributed by atoms with Gasteiger partial charge in [-0.1, -0.05) is 19.9 Å². The first-order valence-corrected chi connectivity index (χ1v) is 13.8. The summed E-state index contributed by atoms with van der Waals surface area (Å²) in [7, 11) is -1.99. The predicted molar refractivity (Wildman–Crippen MR) is 145 cm³/mol. The minimum absolute atomic E-state index is 0.121. The molecule has 0 radical (unpaired) electrons. The Labute approximate surface area is 223 Å². The molecule has 200 valence electrons. The molecule has 0 bridgehead atoms. The lowest BCUT2D eigenvalue weighted by Crippen LogP contribution is -2.30. The Hall–Kier alpha value is -3.89. The first kappa shape index (κ1) is 27.2. The third kappa shape index (κ3) is 5.81. The van der Waals surface area contributed by atoms with Crippen LogP contribution in [-0.2, 0) is 21.2 Å². The van der Waals surface area contributed by atoms with Crippen LogP contribution in [-0.4, -0.2) is 57.9 Å². The number of methoxy groups -OCH3 is 1. The van der Waals surface area contributed by atoms with Gasteiger partial charge in [-0.25, -0.2) is 8.42 Å². The number of amides is 2. The molecule has 1 aliphatic heterocycles. The highest BCUT2D eigenvalue weighted by Gasteiger charge is 2.26. The van der Waals surface area contributed by atoms with Gasteiger partial charge in [-0.05, 0) is 72.6 Å². The van der Waals surface area contributed by atoms with E-state index in [1.165, 1.54) is 28.6 Å². The summed E-state index contributed by atoms with van der Waals surface area (Å²) in [5.41, 5.74) is 2.89. The number of hydrogen-bond donors (Lipinski definition) is 1. The second-order valence-corrected chi connectivity index (χ2v) is 10.6. The Morgan fingerprint density at radius 3 is 2.24 bits per heavy atom. The van der Waals surface area contributed by atoms with Gasteiger partial charge in [0.25, 0.3) is 11.8 Å². The van der Waals surface area contributed by atoms with E-state index in [0.717, 1.165) is 17.7 Å². The van der Waals surface area contributed by atoms with Gasteiger partial charge in [0.1, 0.15) is 11.5 Å². The minimum Gasteiger partial charge on any atom is -0.497 e. The molecule has 0 saturated carbocycles. The van der Waals surface area contributed by atoms with E-state index >= 15 is 0 Å². The standard InChI is InChI=1S/C28H31N3O6S/c1-4-30(5-2)38(34,35)25-14-12-24(13-15-25)37-19-27(32)29-22-9-6-20-16-17-31(26(20)18-22)28(33)21-7-10-23(36-3)11-8-21/h6-15,18H,4-5,16-17,19H2,1-3H3,(H,29,32). The number of sulfonamides is 1. The highest BCUT2D eigenvalue weighted by molar-refractivity contribution is 7.89. The normalized spacial score (nSPS) is 12.8. The summed E-state index contributed by atoms with van der Waals surface area (Å²) >= 11 is 0. The lowest BCUT2D eigenvalue weighted by molar-refractivity contribution is -0.118. The Bertz CT molecular complexity index is 1400. The van der Waals surface area contributed by atoms with Crippen molar-refractivity contribution in [3.8, 4) is 11.5 Å². The van der Waals surface area contributed by atoms with Crippen LogP contribution in [0.2, 0.25) is 0 Å². The molecule has 0 spiro atoms. The number of benzene rings is 3. The van der Waals surface area contributed by atoms with Crippen LogP contribution < -0.4 is 19.7 Å². The van der Waals surface area contributed by atoms with Crippen LogP contribution in [0.4, 0.5) is 11.4 Å². The number of nitrogens with one attached hydrogen (secondary N) is 1. The molecule has 0 atom stereocenters. The molecular formula is C28H31N3O6S. The van der Waals surface area contributed by atoms with Crippen LogP contribution in [0.25, 0.3) is 0 Å². The molecule has 0 unspecified atom stereocenters. The summed E-state index contributed by atoms with van der Waals surface area (Å²) in [5, 5.41) is 2.80. The van der Waals surface area contributed by atoms with Crippen LogP contribution >= 0.6 is 0 Å². The van der Waals surface area contributed by atoms with Gasteiger partial charge in [-0.2, -0.15) is 4.31 Å². The van der Waals surface area contributed by atoms with Crippen molar-refractivity contribution in [2.75, 3.05) is 43.6 Å². The van der Waals surface area contributed by atoms with E-state index in [2.05, 4.69) is 5.32 Å². The van der Waals surface area contributed by atoms with Crippen LogP contribution in [0.3, 0.4) is 0 Å². The minimum atomic E-state index is -3.56. The molecule has 0 fully saturated rings. The van der Waals surface area contributed by atoms with Gasteiger partial charge in [0.15, 0.2) is 6.61 Å². The third-order valence-corrected chi connectivity index (χ3v) is 8.45. The topological polar surface area (TPSA) is 105 Å². The molecule has 9 nitrogen and oxygen atoms in total. The molecule has 0 aromatic heterocycles. The maximum atomic E-state index is 13.1. The zero-order chi connectivity index (χ0) is 27.3. The van der Waals surface area contributed by atoms with E-state index < -0.39 is 10.0 Å². The summed E-state index contributed by atoms with van der Waals surface area (Å²) in [6.45, 7) is 4.64. The van der Waals surface area contributed by atoms with E-state index in [1.54, 1.807) is 62.3 Å². The molecule has 0 saturated heterocycles. The van der Waals surface area contributed by atoms with Crippen molar-refractivity contribution in [1.82, 2.24) is 4.31 Å². The van der Waals surface area contributed by atoms with Gasteiger partial charge in [-0.3, -0.25) is 9.59 Å². The van der Waals surface area contributed by atoms with Crippen molar-refractivity contribution in [3.63, 3.8) is 0 Å². The van der Waals surface area contributed by atoms with E-state index in [-0.39, 0.29) is 23.3 Å². The first-order valence-electron chi connectivity index (χ1n) is 12.4. The largest absolute Gasteiger partial charge is 0.497 e. The number of anilines is 2. The van der Waals surface area contributed by atoms with Crippen molar-refractivity contribution in [2.24, 2.45) is 0 Å². The molecule has 38 heavy (non-hydrogen) atoms. The summed E-state index contributed by atoms with van der Waals surface area (Å²) in [6.07, 6.45) is 0.731. The quantitative estimate of drug-likeness (QED) is 0.420. The molecule has 0 aliphatic carbocycles. The third-order valence-electron chi connectivity index (χ3n) is 6.38. The monoisotopic (exact) mass is 537 g/mol. The number of carbonyl (C=O) groups excluding carboxylic acids is 2. The first-order chi connectivity index (χ1) is 18.3. The van der Waals surface area contributed by atoms with Crippen molar-refractivity contribution in [1.29, 1.82) is 0 Å². The maximum Gasteiger partial charge on any atom is 0.262 e. The lowest BCUT2D eigenvalue weighted by atomic mass is 10.1.